The number of hydrogen-bond acceptors (Lipinski definition) is 5. The van der Waals surface area contributed by atoms with Gasteiger partial charge in [-0.05, 0) is 74.1 Å². The Labute approximate surface area is 164 Å². The van der Waals surface area contributed by atoms with Gasteiger partial charge < -0.3 is 9.90 Å². The molecule has 0 unspecified atom stereocenters. The van der Waals surface area contributed by atoms with E-state index in [9.17, 15) is 18.3 Å². The molecule has 27 heavy (non-hydrogen) atoms. The van der Waals surface area contributed by atoms with Crippen molar-refractivity contribution in [3.63, 3.8) is 0 Å². The first-order valence-electron chi connectivity index (χ1n) is 8.81. The fourth-order valence-corrected chi connectivity index (χ4v) is 6.17. The van der Waals surface area contributed by atoms with Crippen molar-refractivity contribution in [2.45, 2.75) is 37.8 Å². The molecule has 0 amide bonds. The molecule has 0 bridgehead atoms. The van der Waals surface area contributed by atoms with Crippen molar-refractivity contribution in [1.82, 2.24) is 4.31 Å². The number of thiophene rings is 1. The molecule has 0 saturated carbocycles. The summed E-state index contributed by atoms with van der Waals surface area (Å²) in [6, 6.07) is 6.97. The molecule has 0 aliphatic carbocycles. The van der Waals surface area contributed by atoms with E-state index in [0.717, 1.165) is 46.4 Å². The van der Waals surface area contributed by atoms with Gasteiger partial charge in [0.1, 0.15) is 4.21 Å². The average molecular weight is 405 g/mol. The number of hydrogen-bond donors (Lipinski definition) is 0. The molecule has 1 fully saturated rings. The fraction of sp³-hybridized carbons (Fsp3) is 0.350. The van der Waals surface area contributed by atoms with Gasteiger partial charge in [0.15, 0.2) is 0 Å². The van der Waals surface area contributed by atoms with Gasteiger partial charge in [0.2, 0.25) is 0 Å². The third-order valence-electron chi connectivity index (χ3n) is 4.91. The highest BCUT2D eigenvalue weighted by molar-refractivity contribution is 7.91. The Morgan fingerprint density at radius 2 is 1.70 bits per heavy atom. The van der Waals surface area contributed by atoms with Crippen LogP contribution in [-0.4, -0.2) is 31.8 Å². The summed E-state index contributed by atoms with van der Waals surface area (Å²) < 4.78 is 27.0. The number of aliphatic carboxylic acids is 1. The van der Waals surface area contributed by atoms with E-state index in [1.54, 1.807) is 12.1 Å². The largest absolute Gasteiger partial charge is 0.545 e. The summed E-state index contributed by atoms with van der Waals surface area (Å²) in [5, 5.41) is 11.8. The van der Waals surface area contributed by atoms with E-state index in [0.29, 0.717) is 18.0 Å². The Bertz CT molecular complexity index is 1010. The summed E-state index contributed by atoms with van der Waals surface area (Å²) in [7, 11) is -3.56. The van der Waals surface area contributed by atoms with Crippen molar-refractivity contribution in [2.75, 3.05) is 13.1 Å². The molecule has 5 nitrogen and oxygen atoms in total. The number of carbonyl (C=O) groups excluding carboxylic acids is 1. The molecule has 7 heteroatoms. The molecule has 0 spiro atoms. The number of carboxylic acids is 1. The van der Waals surface area contributed by atoms with Gasteiger partial charge in [-0.1, -0.05) is 12.1 Å². The third kappa shape index (κ3) is 4.00. The van der Waals surface area contributed by atoms with E-state index < -0.39 is 16.0 Å². The van der Waals surface area contributed by atoms with E-state index >= 15 is 0 Å². The average Bonchev–Trinajstić information content (AvgIpc) is 3.28. The molecule has 0 N–H and O–H groups in total. The molecule has 1 aromatic carbocycles. The minimum absolute atomic E-state index is 0.00535. The molecule has 1 aliphatic heterocycles. The number of aryl methyl sites for hydroxylation is 3. The van der Waals surface area contributed by atoms with Gasteiger partial charge in [0.05, 0.1) is 5.97 Å². The van der Waals surface area contributed by atoms with Crippen molar-refractivity contribution < 1.29 is 18.3 Å². The van der Waals surface area contributed by atoms with Crippen LogP contribution in [-0.2, 0) is 14.8 Å². The van der Waals surface area contributed by atoms with E-state index in [1.807, 2.05) is 32.9 Å². The summed E-state index contributed by atoms with van der Waals surface area (Å²) in [4.78, 5) is 12.1. The number of carboxylic acid groups (broad SMARTS) is 1. The van der Waals surface area contributed by atoms with Crippen molar-refractivity contribution in [1.29, 1.82) is 0 Å². The highest BCUT2D eigenvalue weighted by Gasteiger charge is 2.28. The first-order chi connectivity index (χ1) is 12.7. The van der Waals surface area contributed by atoms with E-state index in [-0.39, 0.29) is 9.78 Å². The van der Waals surface area contributed by atoms with Crippen LogP contribution in [0.3, 0.4) is 0 Å². The van der Waals surface area contributed by atoms with Crippen molar-refractivity contribution in [3.8, 4) is 0 Å². The van der Waals surface area contributed by atoms with Crippen LogP contribution in [0.25, 0.3) is 11.6 Å². The van der Waals surface area contributed by atoms with Crippen LogP contribution in [0.2, 0.25) is 0 Å². The maximum atomic E-state index is 12.7. The van der Waals surface area contributed by atoms with Crippen molar-refractivity contribution in [3.05, 3.63) is 51.4 Å². The Morgan fingerprint density at radius 1 is 1.07 bits per heavy atom. The summed E-state index contributed by atoms with van der Waals surface area (Å²) >= 11 is 0.977. The predicted octanol–water partition coefficient (Wildman–Crippen LogP) is 2.75. The van der Waals surface area contributed by atoms with Gasteiger partial charge in [-0.25, -0.2) is 8.42 Å². The van der Waals surface area contributed by atoms with E-state index in [4.69, 9.17) is 0 Å². The molecule has 2 aromatic rings. The molecule has 0 radical (unpaired) electrons. The smallest absolute Gasteiger partial charge is 0.252 e. The second-order valence-electron chi connectivity index (χ2n) is 6.87. The second kappa shape index (κ2) is 7.58. The highest BCUT2D eigenvalue weighted by atomic mass is 32.2. The van der Waals surface area contributed by atoms with Gasteiger partial charge in [0, 0.05) is 23.5 Å². The van der Waals surface area contributed by atoms with Gasteiger partial charge in [-0.3, -0.25) is 0 Å². The van der Waals surface area contributed by atoms with E-state index in [2.05, 4.69) is 0 Å². The van der Waals surface area contributed by atoms with Gasteiger partial charge in [0.25, 0.3) is 10.0 Å². The van der Waals surface area contributed by atoms with Gasteiger partial charge >= 0.3 is 0 Å². The topological polar surface area (TPSA) is 77.5 Å². The Morgan fingerprint density at radius 3 is 2.33 bits per heavy atom. The summed E-state index contributed by atoms with van der Waals surface area (Å²) in [5.41, 5.74) is 3.94. The van der Waals surface area contributed by atoms with Gasteiger partial charge in [-0.15, -0.1) is 11.3 Å². The molecule has 144 valence electrons. The van der Waals surface area contributed by atoms with Crippen LogP contribution in [0.5, 0.6) is 0 Å². The lowest BCUT2D eigenvalue weighted by Crippen LogP contribution is -2.27. The van der Waals surface area contributed by atoms with Crippen LogP contribution in [0.15, 0.2) is 28.5 Å². The fourth-order valence-electron chi connectivity index (χ4n) is 3.18. The second-order valence-corrected chi connectivity index (χ2v) is 10.1. The molecular weight excluding hydrogens is 382 g/mol. The zero-order chi connectivity index (χ0) is 19.8. The van der Waals surface area contributed by atoms with Crippen molar-refractivity contribution >= 4 is 39.0 Å². The van der Waals surface area contributed by atoms with Crippen LogP contribution < -0.4 is 5.11 Å². The number of sulfonamides is 1. The summed E-state index contributed by atoms with van der Waals surface area (Å²) in [6.07, 6.45) is 3.27. The van der Waals surface area contributed by atoms with Crippen LogP contribution in [0, 0.1) is 20.8 Å². The zero-order valence-corrected chi connectivity index (χ0v) is 17.2. The van der Waals surface area contributed by atoms with Crippen LogP contribution in [0.1, 0.15) is 40.0 Å². The number of carbonyl (C=O) groups is 1. The number of rotatable bonds is 5. The molecule has 1 aromatic heterocycles. The normalized spacial score (nSPS) is 16.0. The molecule has 0 atom stereocenters. The summed E-state index contributed by atoms with van der Waals surface area (Å²) in [5.74, 6) is -1.32. The molecule has 1 saturated heterocycles. The first-order valence-corrected chi connectivity index (χ1v) is 11.1. The molecule has 2 heterocycles. The maximum absolute atomic E-state index is 12.7. The standard InChI is InChI=1S/C20H23NO4S2/c1-13-10-15(3)16(11-14(13)2)12-17(20(22)23)18-6-7-19(26-18)27(24,25)21-8-4-5-9-21/h6-7,10-12H,4-5,8-9H2,1-3H3,(H,22,23)/p-1/b17-12-. The maximum Gasteiger partial charge on any atom is 0.252 e. The van der Waals surface area contributed by atoms with Gasteiger partial charge in [-0.2, -0.15) is 4.31 Å². The molecule has 1 aliphatic rings. The Hall–Kier alpha value is -1.96. The summed E-state index contributed by atoms with van der Waals surface area (Å²) in [6.45, 7) is 6.92. The minimum Gasteiger partial charge on any atom is -0.545 e. The van der Waals surface area contributed by atoms with Crippen LogP contribution in [0.4, 0.5) is 0 Å². The number of benzene rings is 1. The predicted molar refractivity (Wildman–Crippen MR) is 106 cm³/mol. The monoisotopic (exact) mass is 404 g/mol. The highest BCUT2D eigenvalue weighted by Crippen LogP contribution is 2.32. The zero-order valence-electron chi connectivity index (χ0n) is 15.6. The lowest BCUT2D eigenvalue weighted by Gasteiger charge is -2.13. The minimum atomic E-state index is -3.56. The molecule has 3 rings (SSSR count). The Kier molecular flexibility index (Phi) is 5.55. The van der Waals surface area contributed by atoms with E-state index in [1.165, 1.54) is 10.4 Å². The van der Waals surface area contributed by atoms with Crippen molar-refractivity contribution in [2.24, 2.45) is 0 Å². The quantitative estimate of drug-likeness (QED) is 0.718. The Balaban J connectivity index is 2.01. The third-order valence-corrected chi connectivity index (χ3v) is 8.39. The number of nitrogens with zero attached hydrogens (tertiary/aromatic N) is 1. The first kappa shape index (κ1) is 19.8. The lowest BCUT2D eigenvalue weighted by molar-refractivity contribution is -0.295. The van der Waals surface area contributed by atoms with Crippen LogP contribution >= 0.6 is 11.3 Å². The molecular formula is C20H22NO4S2-. The SMILES string of the molecule is Cc1cc(C)c(/C=C(\C(=O)[O-])c2ccc(S(=O)(=O)N3CCCC3)s2)cc1C. The lowest BCUT2D eigenvalue weighted by atomic mass is 9.99.